The molecule has 24 heavy (non-hydrogen) atoms. The molecular weight excluding hydrogens is 308 g/mol. The fourth-order valence-corrected chi connectivity index (χ4v) is 2.80. The number of imidazole rings is 1. The van der Waals surface area contributed by atoms with Crippen LogP contribution in [0.15, 0.2) is 30.6 Å². The van der Waals surface area contributed by atoms with Crippen LogP contribution in [0, 0.1) is 6.92 Å². The molecule has 128 valence electrons. The maximum Gasteiger partial charge on any atom is 0.242 e. The van der Waals surface area contributed by atoms with Crippen molar-refractivity contribution in [1.82, 2.24) is 19.8 Å². The lowest BCUT2D eigenvalue weighted by Crippen LogP contribution is -2.38. The molecule has 2 aromatic rings. The van der Waals surface area contributed by atoms with E-state index < -0.39 is 0 Å². The van der Waals surface area contributed by atoms with Crippen LogP contribution in [-0.4, -0.2) is 47.8 Å². The van der Waals surface area contributed by atoms with Gasteiger partial charge in [-0.2, -0.15) is 0 Å². The molecule has 0 saturated carbocycles. The van der Waals surface area contributed by atoms with Gasteiger partial charge in [0.25, 0.3) is 0 Å². The Hall–Kier alpha value is -2.54. The van der Waals surface area contributed by atoms with Crippen molar-refractivity contribution >= 4 is 5.91 Å². The number of carbonyl (C=O) groups excluding carboxylic acids is 1. The van der Waals surface area contributed by atoms with Crippen molar-refractivity contribution in [2.45, 2.75) is 19.5 Å². The third-order valence-electron chi connectivity index (χ3n) is 4.05. The van der Waals surface area contributed by atoms with E-state index in [1.165, 1.54) is 0 Å². The van der Waals surface area contributed by atoms with Crippen molar-refractivity contribution in [1.29, 1.82) is 0 Å². The Labute approximate surface area is 141 Å². The average Bonchev–Trinajstić information content (AvgIpc) is 3.16. The van der Waals surface area contributed by atoms with E-state index in [0.717, 1.165) is 11.4 Å². The molecule has 1 unspecified atom stereocenters. The fourth-order valence-electron chi connectivity index (χ4n) is 2.80. The monoisotopic (exact) mass is 330 g/mol. The van der Waals surface area contributed by atoms with Crippen LogP contribution in [0.1, 0.15) is 17.4 Å². The molecule has 0 bridgehead atoms. The first kappa shape index (κ1) is 16.3. The zero-order chi connectivity index (χ0) is 17.1. The Balaban J connectivity index is 1.66. The molecule has 1 aliphatic heterocycles. The standard InChI is InChI=1S/C17H22N4O3/c1-12-18-6-8-21(12)9-7-19-17(22)16(20(2)3)13-4-5-14-15(10-13)24-11-23-14/h4-6,8,10,16H,7,9,11H2,1-3H3,(H,19,22). The summed E-state index contributed by atoms with van der Waals surface area (Å²) in [4.78, 5) is 18.7. The van der Waals surface area contributed by atoms with Gasteiger partial charge in [0.1, 0.15) is 11.9 Å². The number of amides is 1. The van der Waals surface area contributed by atoms with Crippen molar-refractivity contribution in [3.05, 3.63) is 42.0 Å². The van der Waals surface area contributed by atoms with Gasteiger partial charge in [0.05, 0.1) is 0 Å². The van der Waals surface area contributed by atoms with Crippen LogP contribution >= 0.6 is 0 Å². The highest BCUT2D eigenvalue weighted by Crippen LogP contribution is 2.35. The van der Waals surface area contributed by atoms with E-state index in [-0.39, 0.29) is 18.7 Å². The number of aryl methyl sites for hydroxylation is 1. The smallest absolute Gasteiger partial charge is 0.242 e. The Morgan fingerprint density at radius 3 is 2.88 bits per heavy atom. The van der Waals surface area contributed by atoms with Gasteiger partial charge in [-0.25, -0.2) is 4.98 Å². The Kier molecular flexibility index (Phi) is 4.71. The van der Waals surface area contributed by atoms with Crippen molar-refractivity contribution < 1.29 is 14.3 Å². The van der Waals surface area contributed by atoms with Gasteiger partial charge in [-0.05, 0) is 38.7 Å². The van der Waals surface area contributed by atoms with Gasteiger partial charge in [0.15, 0.2) is 11.5 Å². The highest BCUT2D eigenvalue weighted by Gasteiger charge is 2.25. The first-order chi connectivity index (χ1) is 11.6. The maximum atomic E-state index is 12.6. The first-order valence-electron chi connectivity index (χ1n) is 7.87. The van der Waals surface area contributed by atoms with Crippen LogP contribution in [0.3, 0.4) is 0 Å². The number of hydrogen-bond acceptors (Lipinski definition) is 5. The van der Waals surface area contributed by atoms with Crippen LogP contribution in [0.4, 0.5) is 0 Å². The SMILES string of the molecule is Cc1nccn1CCNC(=O)C(c1ccc2c(c1)OCO2)N(C)C. The molecule has 1 N–H and O–H groups in total. The van der Waals surface area contributed by atoms with Gasteiger partial charge in [-0.1, -0.05) is 6.07 Å². The van der Waals surface area contributed by atoms with E-state index in [1.54, 1.807) is 6.20 Å². The van der Waals surface area contributed by atoms with Crippen molar-refractivity contribution in [2.24, 2.45) is 0 Å². The molecule has 1 aromatic heterocycles. The van der Waals surface area contributed by atoms with E-state index >= 15 is 0 Å². The number of rotatable bonds is 6. The van der Waals surface area contributed by atoms with Crippen LogP contribution in [0.5, 0.6) is 11.5 Å². The highest BCUT2D eigenvalue weighted by molar-refractivity contribution is 5.83. The van der Waals surface area contributed by atoms with Crippen LogP contribution in [0.2, 0.25) is 0 Å². The lowest BCUT2D eigenvalue weighted by Gasteiger charge is -2.24. The predicted octanol–water partition coefficient (Wildman–Crippen LogP) is 1.34. The number of benzene rings is 1. The van der Waals surface area contributed by atoms with E-state index in [9.17, 15) is 4.79 Å². The largest absolute Gasteiger partial charge is 0.454 e. The number of aromatic nitrogens is 2. The molecule has 7 nitrogen and oxygen atoms in total. The molecule has 7 heteroatoms. The normalized spacial score (nSPS) is 14.0. The predicted molar refractivity (Wildman–Crippen MR) is 89.0 cm³/mol. The summed E-state index contributed by atoms with van der Waals surface area (Å²) in [5.74, 6) is 2.29. The molecule has 1 aromatic carbocycles. The molecule has 0 fully saturated rings. The summed E-state index contributed by atoms with van der Waals surface area (Å²) in [7, 11) is 3.77. The van der Waals surface area contributed by atoms with Crippen molar-refractivity contribution in [3.63, 3.8) is 0 Å². The summed E-state index contributed by atoms with van der Waals surface area (Å²) < 4.78 is 12.7. The summed E-state index contributed by atoms with van der Waals surface area (Å²) in [6.07, 6.45) is 3.66. The van der Waals surface area contributed by atoms with Crippen LogP contribution in [0.25, 0.3) is 0 Å². The second-order valence-electron chi connectivity index (χ2n) is 5.94. The molecule has 0 spiro atoms. The average molecular weight is 330 g/mol. The van der Waals surface area contributed by atoms with Crippen LogP contribution < -0.4 is 14.8 Å². The molecule has 1 aliphatic rings. The van der Waals surface area contributed by atoms with E-state index in [1.807, 2.05) is 54.9 Å². The molecule has 0 saturated heterocycles. The highest BCUT2D eigenvalue weighted by atomic mass is 16.7. The Bertz CT molecular complexity index is 726. The number of carbonyl (C=O) groups is 1. The van der Waals surface area contributed by atoms with Crippen molar-refractivity contribution in [2.75, 3.05) is 27.4 Å². The zero-order valence-electron chi connectivity index (χ0n) is 14.2. The molecule has 1 amide bonds. The van der Waals surface area contributed by atoms with Gasteiger partial charge in [-0.15, -0.1) is 0 Å². The topological polar surface area (TPSA) is 68.6 Å². The number of hydrogen-bond donors (Lipinski definition) is 1. The minimum Gasteiger partial charge on any atom is -0.454 e. The van der Waals surface area contributed by atoms with Gasteiger partial charge >= 0.3 is 0 Å². The summed E-state index contributed by atoms with van der Waals surface area (Å²) in [6, 6.07) is 5.23. The lowest BCUT2D eigenvalue weighted by molar-refractivity contribution is -0.125. The lowest BCUT2D eigenvalue weighted by atomic mass is 10.0. The molecule has 1 atom stereocenters. The molecule has 0 radical (unpaired) electrons. The third kappa shape index (κ3) is 3.35. The van der Waals surface area contributed by atoms with Gasteiger partial charge in [0, 0.05) is 25.5 Å². The number of nitrogens with zero attached hydrogens (tertiary/aromatic N) is 3. The minimum absolute atomic E-state index is 0.0448. The van der Waals surface area contributed by atoms with E-state index in [0.29, 0.717) is 24.6 Å². The number of fused-ring (bicyclic) bond motifs is 1. The van der Waals surface area contributed by atoms with Crippen molar-refractivity contribution in [3.8, 4) is 11.5 Å². The Morgan fingerprint density at radius 2 is 2.17 bits per heavy atom. The minimum atomic E-state index is -0.386. The summed E-state index contributed by atoms with van der Waals surface area (Å²) in [6.45, 7) is 3.41. The quantitative estimate of drug-likeness (QED) is 0.866. The molecular formula is C17H22N4O3. The molecule has 2 heterocycles. The second kappa shape index (κ2) is 6.92. The Morgan fingerprint density at radius 1 is 1.38 bits per heavy atom. The van der Waals surface area contributed by atoms with Gasteiger partial charge in [-0.3, -0.25) is 9.69 Å². The second-order valence-corrected chi connectivity index (χ2v) is 5.94. The summed E-state index contributed by atoms with van der Waals surface area (Å²) >= 11 is 0. The summed E-state index contributed by atoms with van der Waals surface area (Å²) in [5.41, 5.74) is 0.876. The van der Waals surface area contributed by atoms with E-state index in [4.69, 9.17) is 9.47 Å². The van der Waals surface area contributed by atoms with Crippen LogP contribution in [-0.2, 0) is 11.3 Å². The summed E-state index contributed by atoms with van der Waals surface area (Å²) in [5, 5.41) is 2.99. The number of nitrogens with one attached hydrogen (secondary N) is 1. The van der Waals surface area contributed by atoms with Gasteiger partial charge in [0.2, 0.25) is 12.7 Å². The third-order valence-corrected chi connectivity index (χ3v) is 4.05. The maximum absolute atomic E-state index is 12.6. The fraction of sp³-hybridized carbons (Fsp3) is 0.412. The first-order valence-corrected chi connectivity index (χ1v) is 7.87. The molecule has 3 rings (SSSR count). The van der Waals surface area contributed by atoms with E-state index in [2.05, 4.69) is 10.3 Å². The molecule has 0 aliphatic carbocycles. The number of ether oxygens (including phenoxy) is 2. The van der Waals surface area contributed by atoms with Gasteiger partial charge < -0.3 is 19.4 Å². The number of likely N-dealkylation sites (N-methyl/N-ethyl adjacent to an activating group) is 1. The zero-order valence-corrected chi connectivity index (χ0v) is 14.2.